The van der Waals surface area contributed by atoms with E-state index in [4.69, 9.17) is 0 Å². The Labute approximate surface area is 124 Å². The third kappa shape index (κ3) is 4.48. The van der Waals surface area contributed by atoms with Gasteiger partial charge in [-0.05, 0) is 24.0 Å². The van der Waals surface area contributed by atoms with Gasteiger partial charge in [0.05, 0.1) is 0 Å². The predicted molar refractivity (Wildman–Crippen MR) is 84.7 cm³/mol. The molecule has 1 N–H and O–H groups in total. The number of hydrogen-bond donors (Lipinski definition) is 1. The first-order valence-electron chi connectivity index (χ1n) is 7.34. The molecule has 1 rings (SSSR count). The second kappa shape index (κ2) is 5.68. The van der Waals surface area contributed by atoms with Crippen molar-refractivity contribution in [1.29, 1.82) is 0 Å². The Morgan fingerprint density at radius 1 is 1.10 bits per heavy atom. The summed E-state index contributed by atoms with van der Waals surface area (Å²) in [5.41, 5.74) is 1.79. The molecule has 0 bridgehead atoms. The zero-order chi connectivity index (χ0) is 15.8. The Morgan fingerprint density at radius 2 is 1.65 bits per heavy atom. The van der Waals surface area contributed by atoms with Gasteiger partial charge in [0.25, 0.3) is 0 Å². The first kappa shape index (κ1) is 17.5. The molecule has 1 aliphatic heterocycles. The molecule has 1 heterocycles. The molecule has 0 unspecified atom stereocenters. The van der Waals surface area contributed by atoms with Gasteiger partial charge in [-0.25, -0.2) is 8.42 Å². The molecule has 0 saturated heterocycles. The molecule has 20 heavy (non-hydrogen) atoms. The van der Waals surface area contributed by atoms with Crippen molar-refractivity contribution in [3.63, 3.8) is 0 Å². The Bertz CT molecular complexity index is 479. The summed E-state index contributed by atoms with van der Waals surface area (Å²) in [6, 6.07) is 0. The summed E-state index contributed by atoms with van der Waals surface area (Å²) < 4.78 is 27.4. The highest BCUT2D eigenvalue weighted by atomic mass is 32.2. The van der Waals surface area contributed by atoms with E-state index < -0.39 is 10.0 Å². The minimum Gasteiger partial charge on any atom is -0.286 e. The van der Waals surface area contributed by atoms with Crippen LogP contribution in [0.15, 0.2) is 11.3 Å². The van der Waals surface area contributed by atoms with Crippen LogP contribution in [0.1, 0.15) is 54.9 Å². The SMILES string of the molecule is CCCN1CC(C(C)(C)C)=C(C(C)(C)C)NS(=O)(=O)C1. The lowest BCUT2D eigenvalue weighted by Crippen LogP contribution is -2.35. The van der Waals surface area contributed by atoms with Crippen molar-refractivity contribution in [3.8, 4) is 0 Å². The maximum Gasteiger partial charge on any atom is 0.245 e. The molecule has 4 nitrogen and oxygen atoms in total. The Morgan fingerprint density at radius 3 is 2.05 bits per heavy atom. The molecule has 0 amide bonds. The predicted octanol–water partition coefficient (Wildman–Crippen LogP) is 2.94. The maximum atomic E-state index is 12.3. The molecule has 0 aromatic rings. The van der Waals surface area contributed by atoms with Gasteiger partial charge in [0.2, 0.25) is 10.0 Å². The number of nitrogens with zero attached hydrogens (tertiary/aromatic N) is 1. The van der Waals surface area contributed by atoms with Gasteiger partial charge in [0.15, 0.2) is 0 Å². The van der Waals surface area contributed by atoms with Crippen molar-refractivity contribution in [2.75, 3.05) is 19.0 Å². The monoisotopic (exact) mass is 302 g/mol. The second-order valence-corrected chi connectivity index (χ2v) is 9.44. The lowest BCUT2D eigenvalue weighted by molar-refractivity contribution is 0.310. The Kier molecular flexibility index (Phi) is 4.97. The summed E-state index contributed by atoms with van der Waals surface area (Å²) in [4.78, 5) is 2.03. The van der Waals surface area contributed by atoms with Gasteiger partial charge in [-0.2, -0.15) is 0 Å². The van der Waals surface area contributed by atoms with E-state index in [2.05, 4.69) is 53.2 Å². The Hall–Kier alpha value is -0.550. The number of hydrogen-bond acceptors (Lipinski definition) is 3. The van der Waals surface area contributed by atoms with Gasteiger partial charge in [-0.3, -0.25) is 9.62 Å². The molecular weight excluding hydrogens is 272 g/mol. The third-order valence-corrected chi connectivity index (χ3v) is 4.71. The van der Waals surface area contributed by atoms with E-state index in [1.807, 2.05) is 4.90 Å². The Balaban J connectivity index is 3.40. The number of nitrogens with one attached hydrogen (secondary N) is 1. The molecule has 1 aliphatic rings. The van der Waals surface area contributed by atoms with Crippen LogP contribution in [0.25, 0.3) is 0 Å². The van der Waals surface area contributed by atoms with Crippen molar-refractivity contribution in [2.24, 2.45) is 10.8 Å². The highest BCUT2D eigenvalue weighted by Gasteiger charge is 2.35. The molecule has 0 atom stereocenters. The lowest BCUT2D eigenvalue weighted by Gasteiger charge is -2.33. The van der Waals surface area contributed by atoms with Crippen molar-refractivity contribution in [1.82, 2.24) is 9.62 Å². The number of allylic oxidation sites excluding steroid dienone is 1. The molecule has 0 aromatic heterocycles. The molecule has 0 aliphatic carbocycles. The molecule has 0 spiro atoms. The van der Waals surface area contributed by atoms with Gasteiger partial charge >= 0.3 is 0 Å². The van der Waals surface area contributed by atoms with Gasteiger partial charge in [-0.15, -0.1) is 0 Å². The minimum atomic E-state index is -3.30. The van der Waals surface area contributed by atoms with E-state index in [9.17, 15) is 8.42 Å². The summed E-state index contributed by atoms with van der Waals surface area (Å²) in [6.07, 6.45) is 0.956. The van der Waals surface area contributed by atoms with Crippen LogP contribution in [0.4, 0.5) is 0 Å². The highest BCUT2D eigenvalue weighted by molar-refractivity contribution is 7.89. The fourth-order valence-electron chi connectivity index (χ4n) is 2.52. The van der Waals surface area contributed by atoms with E-state index in [1.54, 1.807) is 0 Å². The van der Waals surface area contributed by atoms with E-state index >= 15 is 0 Å². The molecule has 0 saturated carbocycles. The first-order valence-corrected chi connectivity index (χ1v) is 8.99. The van der Waals surface area contributed by atoms with Crippen molar-refractivity contribution in [3.05, 3.63) is 11.3 Å². The van der Waals surface area contributed by atoms with Crippen molar-refractivity contribution in [2.45, 2.75) is 54.9 Å². The standard InChI is InChI=1S/C15H30N2O2S/c1-8-9-17-10-12(14(2,3)4)13(15(5,6)7)16-20(18,19)11-17/h16H,8-11H2,1-7H3. The van der Waals surface area contributed by atoms with E-state index in [0.717, 1.165) is 25.2 Å². The molecule has 5 heteroatoms. The average molecular weight is 302 g/mol. The largest absolute Gasteiger partial charge is 0.286 e. The second-order valence-electron chi connectivity index (χ2n) is 7.75. The zero-order valence-corrected chi connectivity index (χ0v) is 14.8. The van der Waals surface area contributed by atoms with Gasteiger partial charge in [-0.1, -0.05) is 48.5 Å². The summed E-state index contributed by atoms with van der Waals surface area (Å²) in [5.74, 6) is 0.0833. The quantitative estimate of drug-likeness (QED) is 0.853. The van der Waals surface area contributed by atoms with Crippen LogP contribution < -0.4 is 4.72 Å². The summed E-state index contributed by atoms with van der Waals surface area (Å²) in [5, 5.41) is 0. The van der Waals surface area contributed by atoms with Crippen LogP contribution in [-0.4, -0.2) is 32.3 Å². The molecular formula is C15H30N2O2S. The summed E-state index contributed by atoms with van der Waals surface area (Å²) in [6.45, 7) is 16.2. The summed E-state index contributed by atoms with van der Waals surface area (Å²) in [7, 11) is -3.30. The molecule has 0 aromatic carbocycles. The normalized spacial score (nSPS) is 21.6. The first-order chi connectivity index (χ1) is 8.87. The van der Waals surface area contributed by atoms with Gasteiger partial charge < -0.3 is 0 Å². The molecule has 0 fully saturated rings. The maximum absolute atomic E-state index is 12.3. The zero-order valence-electron chi connectivity index (χ0n) is 14.0. The lowest BCUT2D eigenvalue weighted by atomic mass is 9.78. The fraction of sp³-hybridized carbons (Fsp3) is 0.867. The van der Waals surface area contributed by atoms with Crippen LogP contribution in [0, 0.1) is 10.8 Å². The van der Waals surface area contributed by atoms with E-state index in [1.165, 1.54) is 5.57 Å². The minimum absolute atomic E-state index is 0.0541. The summed E-state index contributed by atoms with van der Waals surface area (Å²) >= 11 is 0. The van der Waals surface area contributed by atoms with Crippen LogP contribution in [0.3, 0.4) is 0 Å². The molecule has 118 valence electrons. The van der Waals surface area contributed by atoms with E-state index in [-0.39, 0.29) is 16.7 Å². The van der Waals surface area contributed by atoms with E-state index in [0.29, 0.717) is 0 Å². The van der Waals surface area contributed by atoms with Crippen LogP contribution >= 0.6 is 0 Å². The van der Waals surface area contributed by atoms with Gasteiger partial charge in [0.1, 0.15) is 5.88 Å². The van der Waals surface area contributed by atoms with Crippen molar-refractivity contribution >= 4 is 10.0 Å². The fourth-order valence-corrected chi connectivity index (χ4v) is 4.02. The van der Waals surface area contributed by atoms with Crippen molar-refractivity contribution < 1.29 is 8.42 Å². The third-order valence-electron chi connectivity index (χ3n) is 3.49. The highest BCUT2D eigenvalue weighted by Crippen LogP contribution is 2.37. The number of sulfonamides is 1. The van der Waals surface area contributed by atoms with Crippen LogP contribution in [-0.2, 0) is 10.0 Å². The number of rotatable bonds is 2. The smallest absolute Gasteiger partial charge is 0.245 e. The van der Waals surface area contributed by atoms with Crippen LogP contribution in [0.5, 0.6) is 0 Å². The van der Waals surface area contributed by atoms with Crippen LogP contribution in [0.2, 0.25) is 0 Å². The molecule has 0 radical (unpaired) electrons. The topological polar surface area (TPSA) is 49.4 Å². The average Bonchev–Trinajstić information content (AvgIpc) is 2.32. The van der Waals surface area contributed by atoms with Gasteiger partial charge in [0, 0.05) is 17.7 Å².